The normalized spacial score (nSPS) is 21.5. The highest BCUT2D eigenvalue weighted by Crippen LogP contribution is 2.30. The molecule has 0 radical (unpaired) electrons. The lowest BCUT2D eigenvalue weighted by atomic mass is 10.1. The summed E-state index contributed by atoms with van der Waals surface area (Å²) in [5, 5.41) is 0.464. The Labute approximate surface area is 115 Å². The van der Waals surface area contributed by atoms with Gasteiger partial charge in [0.15, 0.2) is 0 Å². The highest BCUT2D eigenvalue weighted by Gasteiger charge is 2.23. The summed E-state index contributed by atoms with van der Waals surface area (Å²) in [5.74, 6) is 0.866. The van der Waals surface area contributed by atoms with Crippen LogP contribution in [0.1, 0.15) is 12.8 Å². The van der Waals surface area contributed by atoms with Crippen molar-refractivity contribution in [2.24, 2.45) is 0 Å². The molecule has 1 aliphatic heterocycles. The molecule has 0 spiro atoms. The summed E-state index contributed by atoms with van der Waals surface area (Å²) in [6.07, 6.45) is 3.92. The molecule has 94 valence electrons. The molecule has 0 aromatic carbocycles. The van der Waals surface area contributed by atoms with Crippen molar-refractivity contribution in [2.45, 2.75) is 18.9 Å². The Morgan fingerprint density at radius 2 is 2.29 bits per heavy atom. The maximum absolute atomic E-state index is 5.99. The molecule has 1 saturated heterocycles. The standard InChI is InChI=1S/C11H16BrClN4/c1-16-5-3-4-8(6-16)17(2)11-9(12)10(13)14-7-15-11/h7-8H,3-6H2,1-2H3. The monoisotopic (exact) mass is 318 g/mol. The van der Waals surface area contributed by atoms with Gasteiger partial charge in [-0.05, 0) is 42.4 Å². The quantitative estimate of drug-likeness (QED) is 0.784. The van der Waals surface area contributed by atoms with Crippen molar-refractivity contribution in [1.29, 1.82) is 0 Å². The van der Waals surface area contributed by atoms with Gasteiger partial charge in [0.1, 0.15) is 17.3 Å². The van der Waals surface area contributed by atoms with E-state index in [2.05, 4.69) is 49.8 Å². The lowest BCUT2D eigenvalue weighted by Gasteiger charge is -2.36. The molecule has 0 N–H and O–H groups in total. The fraction of sp³-hybridized carbons (Fsp3) is 0.636. The molecule has 4 nitrogen and oxygen atoms in total. The Morgan fingerprint density at radius 3 is 3.00 bits per heavy atom. The number of likely N-dealkylation sites (tertiary alicyclic amines) is 1. The van der Waals surface area contributed by atoms with E-state index in [9.17, 15) is 0 Å². The van der Waals surface area contributed by atoms with E-state index in [1.165, 1.54) is 25.7 Å². The van der Waals surface area contributed by atoms with Gasteiger partial charge in [0.2, 0.25) is 0 Å². The smallest absolute Gasteiger partial charge is 0.148 e. The van der Waals surface area contributed by atoms with Crippen LogP contribution in [0, 0.1) is 0 Å². The zero-order chi connectivity index (χ0) is 12.4. The van der Waals surface area contributed by atoms with E-state index in [0.29, 0.717) is 11.2 Å². The van der Waals surface area contributed by atoms with Gasteiger partial charge in [-0.15, -0.1) is 0 Å². The van der Waals surface area contributed by atoms with Crippen LogP contribution in [0.5, 0.6) is 0 Å². The van der Waals surface area contributed by atoms with Crippen LogP contribution in [0.2, 0.25) is 5.15 Å². The predicted molar refractivity (Wildman–Crippen MR) is 73.7 cm³/mol. The highest BCUT2D eigenvalue weighted by atomic mass is 79.9. The summed E-state index contributed by atoms with van der Waals surface area (Å²) in [4.78, 5) is 12.8. The van der Waals surface area contributed by atoms with E-state index in [1.54, 1.807) is 0 Å². The minimum Gasteiger partial charge on any atom is -0.354 e. The molecule has 2 rings (SSSR count). The SMILES string of the molecule is CN1CCCC(N(C)c2ncnc(Cl)c2Br)C1. The van der Waals surface area contributed by atoms with Crippen molar-refractivity contribution in [3.8, 4) is 0 Å². The number of anilines is 1. The fourth-order valence-corrected chi connectivity index (χ4v) is 2.83. The summed E-state index contributed by atoms with van der Waals surface area (Å²) < 4.78 is 0.775. The Kier molecular flexibility index (Phi) is 4.22. The van der Waals surface area contributed by atoms with Crippen molar-refractivity contribution in [1.82, 2.24) is 14.9 Å². The first kappa shape index (κ1) is 13.1. The summed E-state index contributed by atoms with van der Waals surface area (Å²) in [5.41, 5.74) is 0. The molecule has 6 heteroatoms. The third-order valence-corrected chi connectivity index (χ3v) is 4.46. The van der Waals surface area contributed by atoms with E-state index in [4.69, 9.17) is 11.6 Å². The van der Waals surface area contributed by atoms with Gasteiger partial charge < -0.3 is 9.80 Å². The molecular formula is C11H16BrClN4. The van der Waals surface area contributed by atoms with E-state index in [1.807, 2.05) is 0 Å². The molecule has 1 atom stereocenters. The van der Waals surface area contributed by atoms with E-state index in [-0.39, 0.29) is 0 Å². The summed E-state index contributed by atoms with van der Waals surface area (Å²) in [6.45, 7) is 2.24. The van der Waals surface area contributed by atoms with Crippen LogP contribution in [-0.2, 0) is 0 Å². The molecule has 2 heterocycles. The number of aromatic nitrogens is 2. The summed E-state index contributed by atoms with van der Waals surface area (Å²) in [6, 6.07) is 0.482. The second-order valence-electron chi connectivity index (χ2n) is 4.47. The number of halogens is 2. The second kappa shape index (κ2) is 5.50. The van der Waals surface area contributed by atoms with Crippen molar-refractivity contribution >= 4 is 33.3 Å². The van der Waals surface area contributed by atoms with Gasteiger partial charge in [-0.1, -0.05) is 11.6 Å². The number of likely N-dealkylation sites (N-methyl/N-ethyl adjacent to an activating group) is 2. The average Bonchev–Trinajstić information content (AvgIpc) is 2.32. The van der Waals surface area contributed by atoms with Crippen LogP contribution in [0.15, 0.2) is 10.8 Å². The number of piperidine rings is 1. The minimum atomic E-state index is 0.464. The number of hydrogen-bond acceptors (Lipinski definition) is 4. The first-order valence-corrected chi connectivity index (χ1v) is 6.84. The number of nitrogens with zero attached hydrogens (tertiary/aromatic N) is 4. The highest BCUT2D eigenvalue weighted by molar-refractivity contribution is 9.10. The first-order valence-electron chi connectivity index (χ1n) is 5.67. The number of hydrogen-bond donors (Lipinski definition) is 0. The van der Waals surface area contributed by atoms with Gasteiger partial charge in [-0.3, -0.25) is 0 Å². The maximum atomic E-state index is 5.99. The molecular weight excluding hydrogens is 304 g/mol. The van der Waals surface area contributed by atoms with Crippen molar-refractivity contribution in [2.75, 3.05) is 32.1 Å². The van der Waals surface area contributed by atoms with Crippen molar-refractivity contribution in [3.63, 3.8) is 0 Å². The Morgan fingerprint density at radius 1 is 1.53 bits per heavy atom. The molecule has 0 amide bonds. The zero-order valence-corrected chi connectivity index (χ0v) is 12.4. The van der Waals surface area contributed by atoms with Gasteiger partial charge >= 0.3 is 0 Å². The summed E-state index contributed by atoms with van der Waals surface area (Å²) >= 11 is 9.44. The van der Waals surface area contributed by atoms with Crippen molar-refractivity contribution in [3.05, 3.63) is 16.0 Å². The topological polar surface area (TPSA) is 32.3 Å². The van der Waals surface area contributed by atoms with Crippen LogP contribution in [-0.4, -0.2) is 48.1 Å². The van der Waals surface area contributed by atoms with Crippen molar-refractivity contribution < 1.29 is 0 Å². The van der Waals surface area contributed by atoms with Gasteiger partial charge in [-0.25, -0.2) is 9.97 Å². The number of rotatable bonds is 2. The van der Waals surface area contributed by atoms with Crippen LogP contribution in [0.3, 0.4) is 0 Å². The molecule has 1 unspecified atom stereocenters. The second-order valence-corrected chi connectivity index (χ2v) is 5.62. The molecule has 1 fully saturated rings. The largest absolute Gasteiger partial charge is 0.354 e. The van der Waals surface area contributed by atoms with Crippen LogP contribution < -0.4 is 4.90 Å². The Balaban J connectivity index is 2.18. The Hall–Kier alpha value is -0.390. The molecule has 0 aliphatic carbocycles. The molecule has 1 aliphatic rings. The Bertz CT molecular complexity index is 401. The predicted octanol–water partition coefficient (Wildman–Crippen LogP) is 2.42. The van der Waals surface area contributed by atoms with Gasteiger partial charge in [0, 0.05) is 19.6 Å². The lowest BCUT2D eigenvalue weighted by molar-refractivity contribution is 0.247. The zero-order valence-electron chi connectivity index (χ0n) is 10.0. The van der Waals surface area contributed by atoms with Gasteiger partial charge in [0.05, 0.1) is 4.47 Å². The van der Waals surface area contributed by atoms with Crippen LogP contribution >= 0.6 is 27.5 Å². The summed E-state index contributed by atoms with van der Waals surface area (Å²) in [7, 11) is 4.22. The molecule has 17 heavy (non-hydrogen) atoms. The van der Waals surface area contributed by atoms with Gasteiger partial charge in [-0.2, -0.15) is 0 Å². The van der Waals surface area contributed by atoms with E-state index < -0.39 is 0 Å². The van der Waals surface area contributed by atoms with Crippen LogP contribution in [0.25, 0.3) is 0 Å². The van der Waals surface area contributed by atoms with Crippen LogP contribution in [0.4, 0.5) is 5.82 Å². The molecule has 1 aromatic rings. The lowest BCUT2D eigenvalue weighted by Crippen LogP contribution is -2.45. The van der Waals surface area contributed by atoms with E-state index >= 15 is 0 Å². The molecule has 0 saturated carbocycles. The molecule has 0 bridgehead atoms. The third-order valence-electron chi connectivity index (χ3n) is 3.21. The minimum absolute atomic E-state index is 0.464. The first-order chi connectivity index (χ1) is 8.09. The maximum Gasteiger partial charge on any atom is 0.148 e. The molecule has 1 aromatic heterocycles. The van der Waals surface area contributed by atoms with Gasteiger partial charge in [0.25, 0.3) is 0 Å². The fourth-order valence-electron chi connectivity index (χ4n) is 2.21. The van der Waals surface area contributed by atoms with E-state index in [0.717, 1.165) is 16.8 Å². The average molecular weight is 320 g/mol. The third kappa shape index (κ3) is 2.89.